The maximum absolute atomic E-state index is 11.8. The molecule has 1 heterocycles. The van der Waals surface area contributed by atoms with E-state index in [9.17, 15) is 9.59 Å². The highest BCUT2D eigenvalue weighted by Crippen LogP contribution is 2.19. The minimum absolute atomic E-state index is 0.00926. The van der Waals surface area contributed by atoms with Crippen molar-refractivity contribution in [2.75, 3.05) is 26.8 Å². The topological polar surface area (TPSA) is 58.6 Å². The molecule has 1 N–H and O–H groups in total. The summed E-state index contributed by atoms with van der Waals surface area (Å²) in [6, 6.07) is 0.266. The first-order chi connectivity index (χ1) is 8.52. The maximum Gasteiger partial charge on any atom is 0.234 e. The second kappa shape index (κ2) is 7.48. The predicted octanol–water partition coefficient (Wildman–Crippen LogP) is 0.581. The van der Waals surface area contributed by atoms with Crippen LogP contribution in [-0.2, 0) is 14.3 Å². The average molecular weight is 256 g/mol. The molecule has 0 saturated carbocycles. The molecule has 104 valence electrons. The van der Waals surface area contributed by atoms with E-state index in [1.807, 2.05) is 6.92 Å². The summed E-state index contributed by atoms with van der Waals surface area (Å²) in [5.41, 5.74) is 0. The second-order valence-corrected chi connectivity index (χ2v) is 5.10. The van der Waals surface area contributed by atoms with Crippen LogP contribution in [0.2, 0.25) is 0 Å². The first-order valence-electron chi connectivity index (χ1n) is 6.54. The van der Waals surface area contributed by atoms with Crippen LogP contribution in [0.5, 0.6) is 0 Å². The number of carbonyl (C=O) groups is 2. The summed E-state index contributed by atoms with van der Waals surface area (Å²) in [5.74, 6) is 0.204. The van der Waals surface area contributed by atoms with Gasteiger partial charge in [-0.15, -0.1) is 0 Å². The molecule has 18 heavy (non-hydrogen) atoms. The van der Waals surface area contributed by atoms with Crippen molar-refractivity contribution in [2.24, 2.45) is 0 Å². The fraction of sp³-hybridized carbons (Fsp3) is 0.846. The van der Waals surface area contributed by atoms with Gasteiger partial charge in [-0.2, -0.15) is 0 Å². The summed E-state index contributed by atoms with van der Waals surface area (Å²) in [6.07, 6.45) is 2.64. The minimum atomic E-state index is 0.00926. The van der Waals surface area contributed by atoms with Crippen molar-refractivity contribution in [3.8, 4) is 0 Å². The van der Waals surface area contributed by atoms with E-state index < -0.39 is 0 Å². The molecule has 0 aromatic carbocycles. The average Bonchev–Trinajstić information content (AvgIpc) is 2.64. The number of nitrogens with zero attached hydrogens (tertiary/aromatic N) is 1. The first kappa shape index (κ1) is 15.1. The number of likely N-dealkylation sites (tertiary alicyclic amines) is 1. The molecular weight excluding hydrogens is 232 g/mol. The van der Waals surface area contributed by atoms with Crippen LogP contribution in [0.25, 0.3) is 0 Å². The lowest BCUT2D eigenvalue weighted by molar-refractivity contribution is -0.124. The molecule has 1 saturated heterocycles. The third-order valence-electron chi connectivity index (χ3n) is 3.19. The Morgan fingerprint density at radius 2 is 2.22 bits per heavy atom. The first-order valence-corrected chi connectivity index (χ1v) is 6.54. The number of ketones is 1. The predicted molar refractivity (Wildman–Crippen MR) is 69.4 cm³/mol. The van der Waals surface area contributed by atoms with Crippen molar-refractivity contribution in [2.45, 2.75) is 45.2 Å². The van der Waals surface area contributed by atoms with Crippen LogP contribution in [0.4, 0.5) is 0 Å². The van der Waals surface area contributed by atoms with Gasteiger partial charge in [0.25, 0.3) is 0 Å². The van der Waals surface area contributed by atoms with E-state index in [1.165, 1.54) is 0 Å². The zero-order chi connectivity index (χ0) is 13.5. The number of Topliss-reactive ketones (excluding diaryl/α,β-unsaturated/α-hetero) is 1. The zero-order valence-corrected chi connectivity index (χ0v) is 11.6. The molecule has 0 aromatic heterocycles. The Morgan fingerprint density at radius 3 is 2.83 bits per heavy atom. The Labute approximate surface area is 109 Å². The number of carbonyl (C=O) groups excluding carboxylic acids is 2. The number of nitrogens with one attached hydrogen (secondary N) is 1. The lowest BCUT2D eigenvalue weighted by Crippen LogP contribution is -2.44. The van der Waals surface area contributed by atoms with E-state index in [0.717, 1.165) is 19.4 Å². The second-order valence-electron chi connectivity index (χ2n) is 5.10. The molecule has 1 rings (SSSR count). The summed E-state index contributed by atoms with van der Waals surface area (Å²) in [6.45, 7) is 5.33. The summed E-state index contributed by atoms with van der Waals surface area (Å²) in [4.78, 5) is 25.1. The van der Waals surface area contributed by atoms with Gasteiger partial charge in [-0.25, -0.2) is 0 Å². The largest absolute Gasteiger partial charge is 0.383 e. The maximum atomic E-state index is 11.8. The van der Waals surface area contributed by atoms with Crippen molar-refractivity contribution in [3.05, 3.63) is 0 Å². The molecule has 1 aliphatic heterocycles. The molecule has 1 fully saturated rings. The molecule has 0 radical (unpaired) electrons. The Morgan fingerprint density at radius 1 is 1.50 bits per heavy atom. The summed E-state index contributed by atoms with van der Waals surface area (Å²) in [5, 5.41) is 2.89. The number of ether oxygens (including phenoxy) is 1. The smallest absolute Gasteiger partial charge is 0.234 e. The van der Waals surface area contributed by atoms with E-state index in [-0.39, 0.29) is 23.8 Å². The third-order valence-corrected chi connectivity index (χ3v) is 3.19. The van der Waals surface area contributed by atoms with Crippen LogP contribution in [0.1, 0.15) is 33.1 Å². The Balaban J connectivity index is 2.36. The van der Waals surface area contributed by atoms with Gasteiger partial charge in [0, 0.05) is 25.6 Å². The van der Waals surface area contributed by atoms with Gasteiger partial charge in [-0.05, 0) is 33.2 Å². The monoisotopic (exact) mass is 256 g/mol. The van der Waals surface area contributed by atoms with Crippen molar-refractivity contribution in [3.63, 3.8) is 0 Å². The standard InChI is InChI=1S/C13H24N2O3/c1-10(9-18-3)14-13(17)8-15-6-4-5-12(15)7-11(2)16/h10,12H,4-9H2,1-3H3,(H,14,17). The highest BCUT2D eigenvalue weighted by Gasteiger charge is 2.27. The van der Waals surface area contributed by atoms with Crippen molar-refractivity contribution >= 4 is 11.7 Å². The fourth-order valence-electron chi connectivity index (χ4n) is 2.46. The SMILES string of the molecule is COCC(C)NC(=O)CN1CCCC1CC(C)=O. The molecule has 2 atom stereocenters. The molecule has 2 unspecified atom stereocenters. The lowest BCUT2D eigenvalue weighted by Gasteiger charge is -2.23. The lowest BCUT2D eigenvalue weighted by atomic mass is 10.1. The quantitative estimate of drug-likeness (QED) is 0.724. The molecule has 0 aromatic rings. The van der Waals surface area contributed by atoms with Gasteiger partial charge < -0.3 is 10.1 Å². The third kappa shape index (κ3) is 5.14. The van der Waals surface area contributed by atoms with Gasteiger partial charge in [0.15, 0.2) is 0 Å². The van der Waals surface area contributed by atoms with Crippen LogP contribution in [0.3, 0.4) is 0 Å². The van der Waals surface area contributed by atoms with Crippen molar-refractivity contribution in [1.29, 1.82) is 0 Å². The highest BCUT2D eigenvalue weighted by atomic mass is 16.5. The van der Waals surface area contributed by atoms with Crippen LogP contribution >= 0.6 is 0 Å². The summed E-state index contributed by atoms with van der Waals surface area (Å²) in [7, 11) is 1.62. The van der Waals surface area contributed by atoms with Gasteiger partial charge in [0.1, 0.15) is 5.78 Å². The Kier molecular flexibility index (Phi) is 6.29. The number of hydrogen-bond acceptors (Lipinski definition) is 4. The molecule has 5 heteroatoms. The van der Waals surface area contributed by atoms with Crippen molar-refractivity contribution < 1.29 is 14.3 Å². The van der Waals surface area contributed by atoms with E-state index >= 15 is 0 Å². The summed E-state index contributed by atoms with van der Waals surface area (Å²) < 4.78 is 4.98. The summed E-state index contributed by atoms with van der Waals surface area (Å²) >= 11 is 0. The van der Waals surface area contributed by atoms with Crippen LogP contribution in [-0.4, -0.2) is 55.5 Å². The van der Waals surface area contributed by atoms with E-state index in [1.54, 1.807) is 14.0 Å². The van der Waals surface area contributed by atoms with E-state index in [0.29, 0.717) is 19.6 Å². The van der Waals surface area contributed by atoms with Gasteiger partial charge in [0.05, 0.1) is 13.2 Å². The molecule has 0 aliphatic carbocycles. The molecule has 0 spiro atoms. The highest BCUT2D eigenvalue weighted by molar-refractivity contribution is 5.79. The van der Waals surface area contributed by atoms with E-state index in [2.05, 4.69) is 10.2 Å². The number of hydrogen-bond donors (Lipinski definition) is 1. The number of methoxy groups -OCH3 is 1. The number of rotatable bonds is 7. The molecule has 5 nitrogen and oxygen atoms in total. The molecule has 1 amide bonds. The Bertz CT molecular complexity index is 294. The normalized spacial score (nSPS) is 21.8. The van der Waals surface area contributed by atoms with Gasteiger partial charge in [-0.1, -0.05) is 0 Å². The number of amides is 1. The fourth-order valence-corrected chi connectivity index (χ4v) is 2.46. The molecule has 0 bridgehead atoms. The minimum Gasteiger partial charge on any atom is -0.383 e. The molecular formula is C13H24N2O3. The zero-order valence-electron chi connectivity index (χ0n) is 11.6. The van der Waals surface area contributed by atoms with Crippen molar-refractivity contribution in [1.82, 2.24) is 10.2 Å². The van der Waals surface area contributed by atoms with Crippen LogP contribution in [0, 0.1) is 0 Å². The van der Waals surface area contributed by atoms with E-state index in [4.69, 9.17) is 4.74 Å². The van der Waals surface area contributed by atoms with Gasteiger partial charge >= 0.3 is 0 Å². The van der Waals surface area contributed by atoms with Gasteiger partial charge in [0.2, 0.25) is 5.91 Å². The van der Waals surface area contributed by atoms with Gasteiger partial charge in [-0.3, -0.25) is 14.5 Å². The van der Waals surface area contributed by atoms with Crippen LogP contribution in [0.15, 0.2) is 0 Å². The molecule has 1 aliphatic rings. The van der Waals surface area contributed by atoms with Crippen LogP contribution < -0.4 is 5.32 Å². The Hall–Kier alpha value is -0.940.